The number of hydrogen-bond acceptors (Lipinski definition) is 5. The maximum atomic E-state index is 5.58. The van der Waals surface area contributed by atoms with Gasteiger partial charge in [-0.3, -0.25) is 9.58 Å². The number of rotatable bonds is 4. The molecule has 0 aliphatic carbocycles. The summed E-state index contributed by atoms with van der Waals surface area (Å²) in [5.41, 5.74) is 0.974. The minimum atomic E-state index is 0.176. The molecular weight excluding hydrogens is 208 g/mol. The average molecular weight is 226 g/mol. The predicted octanol–water partition coefficient (Wildman–Crippen LogP) is -0.338. The Morgan fingerprint density at radius 2 is 2.44 bits per heavy atom. The van der Waals surface area contributed by atoms with Crippen molar-refractivity contribution in [1.82, 2.24) is 19.9 Å². The van der Waals surface area contributed by atoms with Gasteiger partial charge in [0.1, 0.15) is 0 Å². The molecule has 1 unspecified atom stereocenters. The van der Waals surface area contributed by atoms with Crippen molar-refractivity contribution >= 4 is 0 Å². The van der Waals surface area contributed by atoms with Crippen LogP contribution in [0, 0.1) is 0 Å². The first-order valence-corrected chi connectivity index (χ1v) is 5.47. The maximum Gasteiger partial charge on any atom is 0.0966 e. The minimum Gasteiger partial charge on any atom is -0.376 e. The molecule has 1 aliphatic rings. The summed E-state index contributed by atoms with van der Waals surface area (Å²) >= 11 is 0. The van der Waals surface area contributed by atoms with Crippen LogP contribution in [0.15, 0.2) is 6.20 Å². The van der Waals surface area contributed by atoms with E-state index in [-0.39, 0.29) is 6.10 Å². The third-order valence-corrected chi connectivity index (χ3v) is 2.48. The highest BCUT2D eigenvalue weighted by molar-refractivity contribution is 4.91. The second-order valence-corrected chi connectivity index (χ2v) is 4.15. The molecule has 6 nitrogen and oxygen atoms in total. The van der Waals surface area contributed by atoms with Gasteiger partial charge in [-0.05, 0) is 7.05 Å². The van der Waals surface area contributed by atoms with Crippen molar-refractivity contribution in [3.63, 3.8) is 0 Å². The van der Waals surface area contributed by atoms with E-state index in [4.69, 9.17) is 9.47 Å². The summed E-state index contributed by atoms with van der Waals surface area (Å²) in [6.45, 7) is 3.74. The van der Waals surface area contributed by atoms with Gasteiger partial charge in [-0.1, -0.05) is 5.21 Å². The summed E-state index contributed by atoms with van der Waals surface area (Å²) in [4.78, 5) is 2.17. The van der Waals surface area contributed by atoms with Gasteiger partial charge in [-0.2, -0.15) is 0 Å². The molecule has 90 valence electrons. The van der Waals surface area contributed by atoms with E-state index in [1.54, 1.807) is 4.68 Å². The van der Waals surface area contributed by atoms with Crippen molar-refractivity contribution in [2.75, 3.05) is 33.4 Å². The Morgan fingerprint density at radius 1 is 1.56 bits per heavy atom. The molecule has 1 aliphatic heterocycles. The number of nitrogens with zero attached hydrogens (tertiary/aromatic N) is 4. The maximum absolute atomic E-state index is 5.58. The lowest BCUT2D eigenvalue weighted by atomic mass is 10.3. The lowest BCUT2D eigenvalue weighted by Crippen LogP contribution is -2.38. The number of ether oxygens (including phenoxy) is 2. The fraction of sp³-hybridized carbons (Fsp3) is 0.800. The molecule has 1 fully saturated rings. The first-order chi connectivity index (χ1) is 7.74. The molecule has 0 amide bonds. The van der Waals surface area contributed by atoms with Gasteiger partial charge >= 0.3 is 0 Å². The zero-order valence-corrected chi connectivity index (χ0v) is 9.80. The van der Waals surface area contributed by atoms with Crippen molar-refractivity contribution in [2.45, 2.75) is 12.6 Å². The number of aryl methyl sites for hydroxylation is 1. The van der Waals surface area contributed by atoms with Crippen molar-refractivity contribution in [3.05, 3.63) is 11.9 Å². The van der Waals surface area contributed by atoms with Crippen LogP contribution in [0.4, 0.5) is 0 Å². The van der Waals surface area contributed by atoms with Gasteiger partial charge in [0.25, 0.3) is 0 Å². The van der Waals surface area contributed by atoms with Crippen LogP contribution in [0.5, 0.6) is 0 Å². The van der Waals surface area contributed by atoms with E-state index in [1.165, 1.54) is 0 Å². The van der Waals surface area contributed by atoms with Crippen molar-refractivity contribution in [3.8, 4) is 0 Å². The fourth-order valence-electron chi connectivity index (χ4n) is 1.80. The molecule has 0 saturated carbocycles. The molecule has 2 heterocycles. The lowest BCUT2D eigenvalue weighted by molar-refractivity contribution is -0.0963. The molecule has 0 N–H and O–H groups in total. The van der Waals surface area contributed by atoms with Gasteiger partial charge in [0.2, 0.25) is 0 Å². The highest BCUT2D eigenvalue weighted by atomic mass is 16.6. The van der Waals surface area contributed by atoms with Crippen molar-refractivity contribution < 1.29 is 9.47 Å². The van der Waals surface area contributed by atoms with E-state index in [9.17, 15) is 0 Å². The molecule has 0 aromatic carbocycles. The molecule has 0 bridgehead atoms. The van der Waals surface area contributed by atoms with E-state index in [1.807, 2.05) is 20.3 Å². The highest BCUT2D eigenvalue weighted by Crippen LogP contribution is 2.04. The van der Waals surface area contributed by atoms with E-state index < -0.39 is 0 Å². The van der Waals surface area contributed by atoms with Crippen LogP contribution in [-0.2, 0) is 23.1 Å². The standard InChI is InChI=1S/C10H18N4O2/c1-13(5-9-6-14(2)12-11-9)7-10-8-15-3-4-16-10/h6,10H,3-5,7-8H2,1-2H3. The lowest BCUT2D eigenvalue weighted by Gasteiger charge is -2.26. The monoisotopic (exact) mass is 226 g/mol. The summed E-state index contributed by atoms with van der Waals surface area (Å²) in [7, 11) is 3.92. The van der Waals surface area contributed by atoms with Crippen LogP contribution in [0.2, 0.25) is 0 Å². The Kier molecular flexibility index (Phi) is 3.87. The molecule has 0 radical (unpaired) electrons. The third kappa shape index (κ3) is 3.26. The fourth-order valence-corrected chi connectivity index (χ4v) is 1.80. The van der Waals surface area contributed by atoms with Crippen LogP contribution < -0.4 is 0 Å². The molecule has 1 aromatic rings. The smallest absolute Gasteiger partial charge is 0.0966 e. The summed E-state index contributed by atoms with van der Waals surface area (Å²) < 4.78 is 12.6. The van der Waals surface area contributed by atoms with Gasteiger partial charge in [-0.15, -0.1) is 5.10 Å². The topological polar surface area (TPSA) is 52.4 Å². The van der Waals surface area contributed by atoms with Crippen LogP contribution in [-0.4, -0.2) is 59.4 Å². The summed E-state index contributed by atoms with van der Waals surface area (Å²) in [6, 6.07) is 0. The van der Waals surface area contributed by atoms with Gasteiger partial charge in [0.15, 0.2) is 0 Å². The molecule has 1 aromatic heterocycles. The highest BCUT2D eigenvalue weighted by Gasteiger charge is 2.16. The van der Waals surface area contributed by atoms with Crippen LogP contribution in [0.3, 0.4) is 0 Å². The predicted molar refractivity (Wildman–Crippen MR) is 57.9 cm³/mol. The number of likely N-dealkylation sites (N-methyl/N-ethyl adjacent to an activating group) is 1. The molecule has 1 saturated heterocycles. The first-order valence-electron chi connectivity index (χ1n) is 5.47. The largest absolute Gasteiger partial charge is 0.376 e. The van der Waals surface area contributed by atoms with Crippen LogP contribution >= 0.6 is 0 Å². The Hall–Kier alpha value is -0.980. The molecular formula is C10H18N4O2. The molecule has 2 rings (SSSR count). The minimum absolute atomic E-state index is 0.176. The first kappa shape index (κ1) is 11.5. The Balaban J connectivity index is 1.77. The van der Waals surface area contributed by atoms with E-state index >= 15 is 0 Å². The molecule has 1 atom stereocenters. The van der Waals surface area contributed by atoms with E-state index in [0.29, 0.717) is 19.8 Å². The van der Waals surface area contributed by atoms with Crippen LogP contribution in [0.25, 0.3) is 0 Å². The van der Waals surface area contributed by atoms with E-state index in [2.05, 4.69) is 15.2 Å². The van der Waals surface area contributed by atoms with E-state index in [0.717, 1.165) is 18.8 Å². The van der Waals surface area contributed by atoms with Crippen molar-refractivity contribution in [1.29, 1.82) is 0 Å². The SMILES string of the molecule is CN(Cc1cn(C)nn1)CC1COCCO1. The summed E-state index contributed by atoms with van der Waals surface area (Å²) in [5, 5.41) is 7.95. The molecule has 16 heavy (non-hydrogen) atoms. The second-order valence-electron chi connectivity index (χ2n) is 4.15. The van der Waals surface area contributed by atoms with Gasteiger partial charge < -0.3 is 9.47 Å². The third-order valence-electron chi connectivity index (χ3n) is 2.48. The zero-order valence-electron chi connectivity index (χ0n) is 9.80. The Morgan fingerprint density at radius 3 is 3.06 bits per heavy atom. The zero-order chi connectivity index (χ0) is 11.4. The van der Waals surface area contributed by atoms with Crippen LogP contribution in [0.1, 0.15) is 5.69 Å². The average Bonchev–Trinajstić information content (AvgIpc) is 2.65. The van der Waals surface area contributed by atoms with Gasteiger partial charge in [0.05, 0.1) is 31.6 Å². The number of hydrogen-bond donors (Lipinski definition) is 0. The normalized spacial score (nSPS) is 21.6. The summed E-state index contributed by atoms with van der Waals surface area (Å²) in [5.74, 6) is 0. The Labute approximate surface area is 95.1 Å². The molecule has 0 spiro atoms. The number of aromatic nitrogens is 3. The second kappa shape index (κ2) is 5.38. The summed E-state index contributed by atoms with van der Waals surface area (Å²) in [6.07, 6.45) is 2.10. The van der Waals surface area contributed by atoms with Gasteiger partial charge in [0, 0.05) is 26.3 Å². The quantitative estimate of drug-likeness (QED) is 0.703. The van der Waals surface area contributed by atoms with Crippen molar-refractivity contribution in [2.24, 2.45) is 7.05 Å². The Bertz CT molecular complexity index is 322. The molecule has 6 heteroatoms. The van der Waals surface area contributed by atoms with Gasteiger partial charge in [-0.25, -0.2) is 0 Å².